The quantitative estimate of drug-likeness (QED) is 0.616. The molecule has 0 spiro atoms. The fraction of sp³-hybridized carbons (Fsp3) is 0.500. The Morgan fingerprint density at radius 3 is 3.12 bits per heavy atom. The molecule has 0 saturated heterocycles. The fourth-order valence-corrected chi connectivity index (χ4v) is 0.895. The molecule has 1 aromatic heterocycles. The zero-order valence-electron chi connectivity index (χ0n) is 4.24. The van der Waals surface area contributed by atoms with Crippen LogP contribution in [0, 0.1) is 0 Å². The second-order valence-electron chi connectivity index (χ2n) is 1.31. The molecule has 1 heterocycles. The van der Waals surface area contributed by atoms with Gasteiger partial charge < -0.3 is 5.11 Å². The molecule has 0 aromatic carbocycles. The Labute approximate surface area is 51.2 Å². The maximum atomic E-state index is 8.38. The highest BCUT2D eigenvalue weighted by atomic mass is 32.1. The highest BCUT2D eigenvalue weighted by Crippen LogP contribution is 1.98. The molecule has 3 nitrogen and oxygen atoms in total. The van der Waals surface area contributed by atoms with Gasteiger partial charge in [-0.15, -0.1) is 0 Å². The topological polar surface area (TPSA) is 46.0 Å². The SMILES string of the molecule is OCCc1ncns1. The molecule has 4 heteroatoms. The molecule has 1 rings (SSSR count). The summed E-state index contributed by atoms with van der Waals surface area (Å²) in [4.78, 5) is 3.85. The molecular weight excluding hydrogens is 124 g/mol. The lowest BCUT2D eigenvalue weighted by atomic mass is 10.5. The van der Waals surface area contributed by atoms with Gasteiger partial charge in [-0.3, -0.25) is 0 Å². The van der Waals surface area contributed by atoms with E-state index in [9.17, 15) is 0 Å². The lowest BCUT2D eigenvalue weighted by molar-refractivity contribution is 0.299. The second kappa shape index (κ2) is 2.74. The highest BCUT2D eigenvalue weighted by molar-refractivity contribution is 7.05. The number of nitrogens with zero attached hydrogens (tertiary/aromatic N) is 2. The van der Waals surface area contributed by atoms with E-state index in [0.717, 1.165) is 5.01 Å². The van der Waals surface area contributed by atoms with Crippen LogP contribution in [0.15, 0.2) is 6.33 Å². The van der Waals surface area contributed by atoms with E-state index in [1.807, 2.05) is 0 Å². The average Bonchev–Trinajstić information content (AvgIpc) is 2.19. The summed E-state index contributed by atoms with van der Waals surface area (Å²) in [7, 11) is 0. The summed E-state index contributed by atoms with van der Waals surface area (Å²) in [5, 5.41) is 9.27. The predicted molar refractivity (Wildman–Crippen MR) is 30.7 cm³/mol. The van der Waals surface area contributed by atoms with Crippen molar-refractivity contribution in [2.45, 2.75) is 6.42 Å². The van der Waals surface area contributed by atoms with Crippen LogP contribution in [-0.4, -0.2) is 21.1 Å². The summed E-state index contributed by atoms with van der Waals surface area (Å²) in [6.07, 6.45) is 2.13. The number of hydrogen-bond donors (Lipinski definition) is 1. The fourth-order valence-electron chi connectivity index (χ4n) is 0.402. The van der Waals surface area contributed by atoms with Crippen molar-refractivity contribution in [1.82, 2.24) is 9.36 Å². The van der Waals surface area contributed by atoms with Crippen LogP contribution in [0.2, 0.25) is 0 Å². The molecule has 0 aliphatic carbocycles. The lowest BCUT2D eigenvalue weighted by Crippen LogP contribution is -1.87. The molecule has 0 atom stereocenters. The van der Waals surface area contributed by atoms with E-state index < -0.39 is 0 Å². The molecule has 0 bridgehead atoms. The van der Waals surface area contributed by atoms with Crippen LogP contribution in [0.5, 0.6) is 0 Å². The number of aromatic nitrogens is 2. The van der Waals surface area contributed by atoms with Crippen molar-refractivity contribution >= 4 is 11.5 Å². The summed E-state index contributed by atoms with van der Waals surface area (Å²) >= 11 is 1.33. The molecule has 0 aliphatic rings. The van der Waals surface area contributed by atoms with E-state index in [2.05, 4.69) is 9.36 Å². The molecule has 8 heavy (non-hydrogen) atoms. The van der Waals surface area contributed by atoms with Crippen LogP contribution in [0.4, 0.5) is 0 Å². The molecule has 1 N–H and O–H groups in total. The minimum Gasteiger partial charge on any atom is -0.396 e. The third-order valence-electron chi connectivity index (χ3n) is 0.733. The summed E-state index contributed by atoms with van der Waals surface area (Å²) in [5.41, 5.74) is 0. The van der Waals surface area contributed by atoms with Gasteiger partial charge in [0.25, 0.3) is 0 Å². The first-order chi connectivity index (χ1) is 3.93. The van der Waals surface area contributed by atoms with E-state index in [4.69, 9.17) is 5.11 Å². The summed E-state index contributed by atoms with van der Waals surface area (Å²) in [5.74, 6) is 0. The highest BCUT2D eigenvalue weighted by Gasteiger charge is 1.91. The minimum atomic E-state index is 0.162. The minimum absolute atomic E-state index is 0.162. The predicted octanol–water partition coefficient (Wildman–Crippen LogP) is 0.0729. The van der Waals surface area contributed by atoms with Gasteiger partial charge in [-0.1, -0.05) is 0 Å². The van der Waals surface area contributed by atoms with Gasteiger partial charge >= 0.3 is 0 Å². The molecule has 1 aromatic rings. The van der Waals surface area contributed by atoms with Crippen molar-refractivity contribution < 1.29 is 5.11 Å². The van der Waals surface area contributed by atoms with E-state index >= 15 is 0 Å². The van der Waals surface area contributed by atoms with Gasteiger partial charge in [0.1, 0.15) is 11.3 Å². The van der Waals surface area contributed by atoms with Crippen LogP contribution >= 0.6 is 11.5 Å². The maximum absolute atomic E-state index is 8.38. The molecule has 0 unspecified atom stereocenters. The molecule has 0 saturated carbocycles. The Balaban J connectivity index is 2.50. The molecule has 0 radical (unpaired) electrons. The van der Waals surface area contributed by atoms with Crippen LogP contribution < -0.4 is 0 Å². The van der Waals surface area contributed by atoms with Crippen LogP contribution in [0.1, 0.15) is 5.01 Å². The Bertz CT molecular complexity index is 140. The molecular formula is C4H6N2OS. The smallest absolute Gasteiger partial charge is 0.129 e. The number of aliphatic hydroxyl groups excluding tert-OH is 1. The van der Waals surface area contributed by atoms with Crippen LogP contribution in [-0.2, 0) is 6.42 Å². The first-order valence-corrected chi connectivity index (χ1v) is 3.07. The number of hydrogen-bond acceptors (Lipinski definition) is 4. The van der Waals surface area contributed by atoms with Crippen molar-refractivity contribution in [1.29, 1.82) is 0 Å². The van der Waals surface area contributed by atoms with Crippen molar-refractivity contribution in [3.63, 3.8) is 0 Å². The van der Waals surface area contributed by atoms with Gasteiger partial charge in [-0.25, -0.2) is 4.98 Å². The Kier molecular flexibility index (Phi) is 1.93. The van der Waals surface area contributed by atoms with Gasteiger partial charge in [0, 0.05) is 13.0 Å². The molecule has 0 fully saturated rings. The van der Waals surface area contributed by atoms with Gasteiger partial charge in [-0.05, 0) is 11.5 Å². The zero-order chi connectivity index (χ0) is 5.82. The summed E-state index contributed by atoms with van der Waals surface area (Å²) in [6, 6.07) is 0. The van der Waals surface area contributed by atoms with Crippen LogP contribution in [0.25, 0.3) is 0 Å². The second-order valence-corrected chi connectivity index (χ2v) is 2.17. The molecule has 0 amide bonds. The van der Waals surface area contributed by atoms with Crippen molar-refractivity contribution in [3.05, 3.63) is 11.3 Å². The third-order valence-corrected chi connectivity index (χ3v) is 1.45. The van der Waals surface area contributed by atoms with Crippen LogP contribution in [0.3, 0.4) is 0 Å². The first-order valence-electron chi connectivity index (χ1n) is 2.30. The van der Waals surface area contributed by atoms with E-state index in [1.54, 1.807) is 0 Å². The normalized spacial score (nSPS) is 9.62. The summed E-state index contributed by atoms with van der Waals surface area (Å²) in [6.45, 7) is 0.162. The van der Waals surface area contributed by atoms with Gasteiger partial charge in [0.15, 0.2) is 0 Å². The Hall–Kier alpha value is -0.480. The first kappa shape index (κ1) is 5.65. The standard InChI is InChI=1S/C4H6N2OS/c7-2-1-4-5-3-6-8-4/h3,7H,1-2H2. The number of rotatable bonds is 2. The van der Waals surface area contributed by atoms with Gasteiger partial charge in [0.2, 0.25) is 0 Å². The molecule has 0 aliphatic heterocycles. The Morgan fingerprint density at radius 1 is 1.75 bits per heavy atom. The summed E-state index contributed by atoms with van der Waals surface area (Å²) < 4.78 is 3.76. The van der Waals surface area contributed by atoms with Crippen molar-refractivity contribution in [2.24, 2.45) is 0 Å². The van der Waals surface area contributed by atoms with Crippen molar-refractivity contribution in [3.8, 4) is 0 Å². The van der Waals surface area contributed by atoms with Gasteiger partial charge in [0.05, 0.1) is 0 Å². The van der Waals surface area contributed by atoms with E-state index in [1.165, 1.54) is 17.9 Å². The van der Waals surface area contributed by atoms with E-state index in [0.29, 0.717) is 6.42 Å². The zero-order valence-corrected chi connectivity index (χ0v) is 5.06. The largest absolute Gasteiger partial charge is 0.396 e. The monoisotopic (exact) mass is 130 g/mol. The maximum Gasteiger partial charge on any atom is 0.129 e. The third kappa shape index (κ3) is 1.24. The Morgan fingerprint density at radius 2 is 2.62 bits per heavy atom. The lowest BCUT2D eigenvalue weighted by Gasteiger charge is -1.82. The average molecular weight is 130 g/mol. The van der Waals surface area contributed by atoms with Crippen molar-refractivity contribution in [2.75, 3.05) is 6.61 Å². The molecule has 44 valence electrons. The number of aliphatic hydroxyl groups is 1. The van der Waals surface area contributed by atoms with Gasteiger partial charge in [-0.2, -0.15) is 4.37 Å². The van der Waals surface area contributed by atoms with E-state index in [-0.39, 0.29) is 6.61 Å².